The Hall–Kier alpha value is -2.72. The third-order valence-electron chi connectivity index (χ3n) is 3.69. The predicted octanol–water partition coefficient (Wildman–Crippen LogP) is 3.41. The van der Waals surface area contributed by atoms with Crippen LogP contribution in [0.3, 0.4) is 0 Å². The summed E-state index contributed by atoms with van der Waals surface area (Å²) in [5.41, 5.74) is 5.14. The van der Waals surface area contributed by atoms with Crippen LogP contribution in [0.25, 0.3) is 5.69 Å². The van der Waals surface area contributed by atoms with Gasteiger partial charge in [-0.15, -0.1) is 11.3 Å². The van der Waals surface area contributed by atoms with Gasteiger partial charge in [0.2, 0.25) is 0 Å². The van der Waals surface area contributed by atoms with Crippen molar-refractivity contribution in [3.05, 3.63) is 57.7 Å². The number of aromatic nitrogens is 3. The summed E-state index contributed by atoms with van der Waals surface area (Å²) in [7, 11) is 0. The first-order valence-electron chi connectivity index (χ1n) is 7.99. The second kappa shape index (κ2) is 7.49. The maximum Gasteiger partial charge on any atom is 0.418 e. The predicted molar refractivity (Wildman–Crippen MR) is 96.1 cm³/mol. The number of nitrogens with one attached hydrogen (secondary N) is 1. The average Bonchev–Trinajstić information content (AvgIpc) is 3.21. The number of hydrogen-bond donors (Lipinski definition) is 2. The third kappa shape index (κ3) is 4.17. The lowest BCUT2D eigenvalue weighted by atomic mass is 10.2. The Morgan fingerprint density at radius 1 is 1.30 bits per heavy atom. The zero-order valence-corrected chi connectivity index (χ0v) is 15.1. The van der Waals surface area contributed by atoms with Crippen LogP contribution in [-0.4, -0.2) is 27.2 Å². The van der Waals surface area contributed by atoms with Crippen molar-refractivity contribution in [2.75, 3.05) is 11.9 Å². The Morgan fingerprint density at radius 3 is 2.74 bits per heavy atom. The van der Waals surface area contributed by atoms with Gasteiger partial charge in [-0.05, 0) is 25.6 Å². The standard InChI is InChI=1S/C17H16F3N5OS/c1-10-15(27-14(22-10)6-8-21)16(26)23-13-7-9-25(24-13)12-5-3-2-4-11(12)17(18,19)20/h2-5,7,9H,6,8,21H2,1H3,(H,23,24,26). The molecule has 0 aliphatic heterocycles. The van der Waals surface area contributed by atoms with Gasteiger partial charge in [0.1, 0.15) is 4.88 Å². The Balaban J connectivity index is 1.82. The molecule has 3 rings (SSSR count). The van der Waals surface area contributed by atoms with Gasteiger partial charge in [-0.25, -0.2) is 9.67 Å². The van der Waals surface area contributed by atoms with E-state index in [4.69, 9.17) is 5.73 Å². The van der Waals surface area contributed by atoms with Gasteiger partial charge in [0.05, 0.1) is 22.0 Å². The minimum atomic E-state index is -4.51. The highest BCUT2D eigenvalue weighted by Crippen LogP contribution is 2.33. The van der Waals surface area contributed by atoms with E-state index in [0.717, 1.165) is 15.8 Å². The summed E-state index contributed by atoms with van der Waals surface area (Å²) in [6.07, 6.45) is -2.58. The number of nitrogens with two attached hydrogens (primary N) is 1. The smallest absolute Gasteiger partial charge is 0.330 e. The van der Waals surface area contributed by atoms with Gasteiger partial charge in [0.25, 0.3) is 5.91 Å². The summed E-state index contributed by atoms with van der Waals surface area (Å²) < 4.78 is 40.6. The molecule has 2 heterocycles. The first kappa shape index (κ1) is 19.1. The number of halogens is 3. The zero-order valence-electron chi connectivity index (χ0n) is 14.2. The Morgan fingerprint density at radius 2 is 2.04 bits per heavy atom. The molecule has 10 heteroatoms. The summed E-state index contributed by atoms with van der Waals surface area (Å²) in [5.74, 6) is -0.271. The number of thiazole rings is 1. The van der Waals surface area contributed by atoms with Crippen LogP contribution in [0.15, 0.2) is 36.5 Å². The van der Waals surface area contributed by atoms with Gasteiger partial charge in [-0.1, -0.05) is 12.1 Å². The topological polar surface area (TPSA) is 85.8 Å². The molecule has 3 N–H and O–H groups in total. The lowest BCUT2D eigenvalue weighted by molar-refractivity contribution is -0.137. The monoisotopic (exact) mass is 395 g/mol. The first-order valence-corrected chi connectivity index (χ1v) is 8.81. The van der Waals surface area contributed by atoms with Gasteiger partial charge in [0.15, 0.2) is 5.82 Å². The molecule has 0 spiro atoms. The van der Waals surface area contributed by atoms with E-state index in [-0.39, 0.29) is 11.5 Å². The van der Waals surface area contributed by atoms with Crippen molar-refractivity contribution in [3.63, 3.8) is 0 Å². The summed E-state index contributed by atoms with van der Waals surface area (Å²) in [6.45, 7) is 2.14. The molecule has 2 aromatic heterocycles. The molecule has 1 amide bonds. The molecule has 3 aromatic rings. The second-order valence-electron chi connectivity index (χ2n) is 5.68. The molecule has 27 heavy (non-hydrogen) atoms. The molecule has 6 nitrogen and oxygen atoms in total. The number of aryl methyl sites for hydroxylation is 1. The van der Waals surface area contributed by atoms with Gasteiger partial charge in [-0.3, -0.25) is 4.79 Å². The van der Waals surface area contributed by atoms with Crippen LogP contribution in [0.5, 0.6) is 0 Å². The molecule has 0 saturated carbocycles. The van der Waals surface area contributed by atoms with Crippen LogP contribution in [0.1, 0.15) is 25.9 Å². The fourth-order valence-electron chi connectivity index (χ4n) is 2.50. The van der Waals surface area contributed by atoms with E-state index in [9.17, 15) is 18.0 Å². The molecule has 1 aromatic carbocycles. The first-order chi connectivity index (χ1) is 12.8. The van der Waals surface area contributed by atoms with Gasteiger partial charge in [-0.2, -0.15) is 18.3 Å². The van der Waals surface area contributed by atoms with Crippen molar-refractivity contribution < 1.29 is 18.0 Å². The number of amides is 1. The maximum absolute atomic E-state index is 13.2. The minimum absolute atomic E-state index is 0.121. The molecule has 0 aliphatic carbocycles. The number of anilines is 1. The lowest BCUT2D eigenvalue weighted by Crippen LogP contribution is -2.13. The molecule has 0 fully saturated rings. The Kier molecular flexibility index (Phi) is 5.29. The van der Waals surface area contributed by atoms with Gasteiger partial charge in [0, 0.05) is 18.7 Å². The fourth-order valence-corrected chi connectivity index (χ4v) is 3.48. The summed E-state index contributed by atoms with van der Waals surface area (Å²) in [6, 6.07) is 6.53. The summed E-state index contributed by atoms with van der Waals surface area (Å²) >= 11 is 1.23. The van der Waals surface area contributed by atoms with Gasteiger partial charge >= 0.3 is 6.18 Å². The number of benzene rings is 1. The summed E-state index contributed by atoms with van der Waals surface area (Å²) in [4.78, 5) is 17.1. The van der Waals surface area contributed by atoms with E-state index in [1.165, 1.54) is 41.8 Å². The van der Waals surface area contributed by atoms with E-state index < -0.39 is 17.6 Å². The van der Waals surface area contributed by atoms with Crippen LogP contribution >= 0.6 is 11.3 Å². The van der Waals surface area contributed by atoms with Crippen molar-refractivity contribution in [3.8, 4) is 5.69 Å². The van der Waals surface area contributed by atoms with E-state index in [2.05, 4.69) is 15.4 Å². The second-order valence-corrected chi connectivity index (χ2v) is 6.76. The van der Waals surface area contributed by atoms with Crippen LogP contribution in [0.4, 0.5) is 19.0 Å². The van der Waals surface area contributed by atoms with Gasteiger partial charge < -0.3 is 11.1 Å². The lowest BCUT2D eigenvalue weighted by Gasteiger charge is -2.12. The molecule has 142 valence electrons. The van der Waals surface area contributed by atoms with Crippen molar-refractivity contribution in [2.45, 2.75) is 19.5 Å². The maximum atomic E-state index is 13.2. The molecule has 0 radical (unpaired) electrons. The SMILES string of the molecule is Cc1nc(CCN)sc1C(=O)Nc1ccn(-c2ccccc2C(F)(F)F)n1. The quantitative estimate of drug-likeness (QED) is 0.693. The fraction of sp³-hybridized carbons (Fsp3) is 0.235. The Bertz CT molecular complexity index is 964. The number of hydrogen-bond acceptors (Lipinski definition) is 5. The zero-order chi connectivity index (χ0) is 19.6. The van der Waals surface area contributed by atoms with E-state index in [0.29, 0.717) is 23.5 Å². The average molecular weight is 395 g/mol. The Labute approximate surface area is 156 Å². The van der Waals surface area contributed by atoms with Crippen LogP contribution in [0.2, 0.25) is 0 Å². The third-order valence-corrected chi connectivity index (χ3v) is 4.91. The molecule has 0 atom stereocenters. The van der Waals surface area contributed by atoms with E-state index >= 15 is 0 Å². The number of alkyl halides is 3. The number of para-hydroxylation sites is 1. The van der Waals surface area contributed by atoms with Crippen LogP contribution < -0.4 is 11.1 Å². The van der Waals surface area contributed by atoms with E-state index in [1.54, 1.807) is 6.92 Å². The van der Waals surface area contributed by atoms with Crippen molar-refractivity contribution in [2.24, 2.45) is 5.73 Å². The normalized spacial score (nSPS) is 11.6. The molecule has 0 aliphatic rings. The van der Waals surface area contributed by atoms with Crippen LogP contribution in [-0.2, 0) is 12.6 Å². The highest BCUT2D eigenvalue weighted by Gasteiger charge is 2.33. The van der Waals surface area contributed by atoms with Crippen LogP contribution in [0, 0.1) is 6.92 Å². The molecule has 0 bridgehead atoms. The summed E-state index contributed by atoms with van der Waals surface area (Å²) in [5, 5.41) is 7.39. The molecule has 0 saturated heterocycles. The molecular formula is C17H16F3N5OS. The van der Waals surface area contributed by atoms with E-state index in [1.807, 2.05) is 0 Å². The van der Waals surface area contributed by atoms with Crippen molar-refractivity contribution in [1.82, 2.24) is 14.8 Å². The largest absolute Gasteiger partial charge is 0.418 e. The number of rotatable bonds is 5. The molecular weight excluding hydrogens is 379 g/mol. The number of carbonyl (C=O) groups excluding carboxylic acids is 1. The minimum Gasteiger partial charge on any atom is -0.330 e. The number of carbonyl (C=O) groups is 1. The highest BCUT2D eigenvalue weighted by atomic mass is 32.1. The highest BCUT2D eigenvalue weighted by molar-refractivity contribution is 7.13. The number of nitrogens with zero attached hydrogens (tertiary/aromatic N) is 3. The van der Waals surface area contributed by atoms with Crippen molar-refractivity contribution >= 4 is 23.1 Å². The molecule has 0 unspecified atom stereocenters. The van der Waals surface area contributed by atoms with Crippen molar-refractivity contribution in [1.29, 1.82) is 0 Å².